The summed E-state index contributed by atoms with van der Waals surface area (Å²) in [5.74, 6) is -0.964. The Morgan fingerprint density at radius 3 is 2.83 bits per heavy atom. The van der Waals surface area contributed by atoms with Crippen molar-refractivity contribution in [1.82, 2.24) is 9.78 Å². The van der Waals surface area contributed by atoms with E-state index in [0.29, 0.717) is 0 Å². The van der Waals surface area contributed by atoms with E-state index >= 15 is 0 Å². The van der Waals surface area contributed by atoms with Crippen LogP contribution in [0.1, 0.15) is 11.1 Å². The van der Waals surface area contributed by atoms with Crippen molar-refractivity contribution in [2.75, 3.05) is 0 Å². The van der Waals surface area contributed by atoms with Gasteiger partial charge in [-0.2, -0.15) is 5.10 Å². The van der Waals surface area contributed by atoms with Gasteiger partial charge < -0.3 is 5.11 Å². The van der Waals surface area contributed by atoms with Crippen LogP contribution in [0, 0.1) is 6.92 Å². The van der Waals surface area contributed by atoms with Crippen molar-refractivity contribution in [3.8, 4) is 5.69 Å². The lowest BCUT2D eigenvalue weighted by Crippen LogP contribution is -1.94. The van der Waals surface area contributed by atoms with E-state index in [1.807, 2.05) is 31.3 Å². The van der Waals surface area contributed by atoms with E-state index in [1.165, 1.54) is 0 Å². The number of aryl methyl sites for hydroxylation is 1. The van der Waals surface area contributed by atoms with Gasteiger partial charge in [0.1, 0.15) is 0 Å². The van der Waals surface area contributed by atoms with Crippen molar-refractivity contribution in [3.05, 3.63) is 52.3 Å². The second-order valence-electron chi connectivity index (χ2n) is 3.84. The minimum atomic E-state index is -0.964. The molecule has 0 unspecified atom stereocenters. The quantitative estimate of drug-likeness (QED) is 0.887. The largest absolute Gasteiger partial charge is 0.478 e. The Labute approximate surface area is 113 Å². The molecule has 5 heteroatoms. The van der Waals surface area contributed by atoms with Crippen molar-refractivity contribution < 1.29 is 9.90 Å². The van der Waals surface area contributed by atoms with Crippen molar-refractivity contribution in [3.63, 3.8) is 0 Å². The molecule has 1 aromatic carbocycles. The number of carboxylic acids is 1. The lowest BCUT2D eigenvalue weighted by Gasteiger charge is -2.04. The molecule has 0 aliphatic carbocycles. The van der Waals surface area contributed by atoms with Gasteiger partial charge >= 0.3 is 5.97 Å². The molecule has 0 amide bonds. The van der Waals surface area contributed by atoms with Gasteiger partial charge in [-0.3, -0.25) is 0 Å². The fourth-order valence-electron chi connectivity index (χ4n) is 1.51. The molecule has 4 nitrogen and oxygen atoms in total. The van der Waals surface area contributed by atoms with Gasteiger partial charge in [0.15, 0.2) is 0 Å². The minimum absolute atomic E-state index is 0.810. The van der Waals surface area contributed by atoms with Crippen molar-refractivity contribution in [2.45, 2.75) is 6.92 Å². The van der Waals surface area contributed by atoms with Gasteiger partial charge in [-0.25, -0.2) is 9.48 Å². The number of carboxylic acid groups (broad SMARTS) is 1. The standard InChI is InChI=1S/C13H11BrN2O2/c1-9-7-15-16(8-9)11-4-2-10(12(14)6-11)3-5-13(17)18/h2-8H,1H3,(H,17,18)/b5-3+. The molecule has 0 atom stereocenters. The van der Waals surface area contributed by atoms with Crippen LogP contribution in [0.4, 0.5) is 0 Å². The van der Waals surface area contributed by atoms with Crippen LogP contribution in [-0.4, -0.2) is 20.9 Å². The predicted molar refractivity (Wildman–Crippen MR) is 72.7 cm³/mol. The molecule has 2 aromatic rings. The molecule has 0 bridgehead atoms. The first-order valence-electron chi connectivity index (χ1n) is 5.28. The molecule has 0 saturated carbocycles. The van der Waals surface area contributed by atoms with E-state index in [1.54, 1.807) is 17.0 Å². The second-order valence-corrected chi connectivity index (χ2v) is 4.69. The monoisotopic (exact) mass is 306 g/mol. The molecule has 1 N–H and O–H groups in total. The summed E-state index contributed by atoms with van der Waals surface area (Å²) in [6.07, 6.45) is 6.36. The number of carbonyl (C=O) groups is 1. The van der Waals surface area contributed by atoms with Crippen LogP contribution >= 0.6 is 15.9 Å². The van der Waals surface area contributed by atoms with Crippen molar-refractivity contribution in [2.24, 2.45) is 0 Å². The Hall–Kier alpha value is -1.88. The molecule has 0 fully saturated rings. The molecule has 1 heterocycles. The lowest BCUT2D eigenvalue weighted by molar-refractivity contribution is -0.131. The van der Waals surface area contributed by atoms with E-state index < -0.39 is 5.97 Å². The lowest BCUT2D eigenvalue weighted by atomic mass is 10.2. The molecule has 18 heavy (non-hydrogen) atoms. The number of hydrogen-bond donors (Lipinski definition) is 1. The summed E-state index contributed by atoms with van der Waals surface area (Å²) in [5, 5.41) is 12.8. The summed E-state index contributed by atoms with van der Waals surface area (Å²) in [6.45, 7) is 1.97. The van der Waals surface area contributed by atoms with Gasteiger partial charge in [0.05, 0.1) is 11.9 Å². The maximum Gasteiger partial charge on any atom is 0.328 e. The smallest absolute Gasteiger partial charge is 0.328 e. The maximum absolute atomic E-state index is 10.5. The molecule has 0 saturated heterocycles. The molecule has 0 aliphatic heterocycles. The molecule has 92 valence electrons. The first-order chi connectivity index (χ1) is 8.56. The molecular formula is C13H11BrN2O2. The topological polar surface area (TPSA) is 55.1 Å². The Balaban J connectivity index is 2.33. The molecule has 0 aliphatic rings. The van der Waals surface area contributed by atoms with Gasteiger partial charge in [0.2, 0.25) is 0 Å². The number of hydrogen-bond acceptors (Lipinski definition) is 2. The fourth-order valence-corrected chi connectivity index (χ4v) is 2.01. The highest BCUT2D eigenvalue weighted by Crippen LogP contribution is 2.22. The fraction of sp³-hybridized carbons (Fsp3) is 0.0769. The first kappa shape index (κ1) is 12.6. The molecular weight excluding hydrogens is 296 g/mol. The minimum Gasteiger partial charge on any atom is -0.478 e. The summed E-state index contributed by atoms with van der Waals surface area (Å²) in [4.78, 5) is 10.5. The number of nitrogens with zero attached hydrogens (tertiary/aromatic N) is 2. The van der Waals surface area contributed by atoms with Crippen molar-refractivity contribution >= 4 is 28.0 Å². The average molecular weight is 307 g/mol. The zero-order valence-electron chi connectivity index (χ0n) is 9.67. The van der Waals surface area contributed by atoms with Crippen LogP contribution in [0.2, 0.25) is 0 Å². The van der Waals surface area contributed by atoms with E-state index in [9.17, 15) is 4.79 Å². The van der Waals surface area contributed by atoms with Crippen LogP contribution in [0.25, 0.3) is 11.8 Å². The highest BCUT2D eigenvalue weighted by atomic mass is 79.9. The van der Waals surface area contributed by atoms with E-state index in [2.05, 4.69) is 21.0 Å². The van der Waals surface area contributed by atoms with Crippen LogP contribution in [0.3, 0.4) is 0 Å². The predicted octanol–water partition coefficient (Wildman–Crippen LogP) is 3.04. The Bertz CT molecular complexity index is 617. The number of rotatable bonds is 3. The second kappa shape index (κ2) is 5.18. The van der Waals surface area contributed by atoms with Crippen LogP contribution in [0.5, 0.6) is 0 Å². The number of aliphatic carboxylic acids is 1. The third-order valence-electron chi connectivity index (χ3n) is 2.37. The summed E-state index contributed by atoms with van der Waals surface area (Å²) < 4.78 is 2.59. The van der Waals surface area contributed by atoms with Gasteiger partial charge in [-0.05, 0) is 36.3 Å². The van der Waals surface area contributed by atoms with Gasteiger partial charge in [-0.15, -0.1) is 0 Å². The van der Waals surface area contributed by atoms with Crippen LogP contribution in [-0.2, 0) is 4.79 Å². The Morgan fingerprint density at radius 1 is 1.50 bits per heavy atom. The molecule has 0 radical (unpaired) electrons. The molecule has 0 spiro atoms. The van der Waals surface area contributed by atoms with E-state index in [0.717, 1.165) is 27.4 Å². The third-order valence-corrected chi connectivity index (χ3v) is 3.05. The molecule has 1 aromatic heterocycles. The van der Waals surface area contributed by atoms with Crippen LogP contribution < -0.4 is 0 Å². The maximum atomic E-state index is 10.5. The van der Waals surface area contributed by atoms with E-state index in [-0.39, 0.29) is 0 Å². The summed E-state index contributed by atoms with van der Waals surface area (Å²) in [6, 6.07) is 5.63. The highest BCUT2D eigenvalue weighted by molar-refractivity contribution is 9.10. The molecule has 2 rings (SSSR count). The summed E-state index contributed by atoms with van der Waals surface area (Å²) in [5.41, 5.74) is 2.81. The number of aromatic nitrogens is 2. The van der Waals surface area contributed by atoms with Gasteiger partial charge in [-0.1, -0.05) is 22.0 Å². The average Bonchev–Trinajstić information content (AvgIpc) is 2.74. The van der Waals surface area contributed by atoms with Crippen molar-refractivity contribution in [1.29, 1.82) is 0 Å². The first-order valence-corrected chi connectivity index (χ1v) is 6.08. The number of halogens is 1. The third kappa shape index (κ3) is 2.87. The normalized spacial score (nSPS) is 11.0. The highest BCUT2D eigenvalue weighted by Gasteiger charge is 2.02. The Kier molecular flexibility index (Phi) is 3.62. The summed E-state index contributed by atoms with van der Waals surface area (Å²) >= 11 is 3.42. The Morgan fingerprint density at radius 2 is 2.28 bits per heavy atom. The van der Waals surface area contributed by atoms with Gasteiger partial charge in [0.25, 0.3) is 0 Å². The zero-order valence-corrected chi connectivity index (χ0v) is 11.3. The van der Waals surface area contributed by atoms with Crippen LogP contribution in [0.15, 0.2) is 41.1 Å². The van der Waals surface area contributed by atoms with E-state index in [4.69, 9.17) is 5.11 Å². The SMILES string of the molecule is Cc1cnn(-c2ccc(/C=C/C(=O)O)c(Br)c2)c1. The summed E-state index contributed by atoms with van der Waals surface area (Å²) in [7, 11) is 0. The number of benzene rings is 1. The zero-order chi connectivity index (χ0) is 13.1. The van der Waals surface area contributed by atoms with Gasteiger partial charge in [0, 0.05) is 16.7 Å².